The van der Waals surface area contributed by atoms with Crippen LogP contribution in [0.1, 0.15) is 5.56 Å². The van der Waals surface area contributed by atoms with E-state index in [4.69, 9.17) is 28.6 Å². The van der Waals surface area contributed by atoms with Crippen LogP contribution >= 0.6 is 39.7 Å². The molecule has 1 heterocycles. The summed E-state index contributed by atoms with van der Waals surface area (Å²) in [5.74, 6) is 0.853. The van der Waals surface area contributed by atoms with E-state index in [1.54, 1.807) is 24.4 Å². The van der Waals surface area contributed by atoms with Crippen LogP contribution in [0.15, 0.2) is 46.0 Å². The Balaban J connectivity index is 2.04. The highest BCUT2D eigenvalue weighted by atomic mass is 79.9. The normalized spacial score (nSPS) is 11.2. The molecule has 6 nitrogen and oxygen atoms in total. The Labute approximate surface area is 161 Å². The van der Waals surface area contributed by atoms with Crippen molar-refractivity contribution < 1.29 is 9.84 Å². The van der Waals surface area contributed by atoms with E-state index in [-0.39, 0.29) is 5.75 Å². The maximum Gasteiger partial charge on any atom is 0.216 e. The molecule has 2 aromatic carbocycles. The first-order valence-electron chi connectivity index (χ1n) is 7.04. The van der Waals surface area contributed by atoms with Gasteiger partial charge >= 0.3 is 0 Å². The molecule has 0 radical (unpaired) electrons. The second-order valence-corrected chi connectivity index (χ2v) is 6.59. The molecule has 3 aromatic rings. The number of aromatic hydroxyl groups is 1. The second-order valence-electron chi connectivity index (χ2n) is 4.94. The van der Waals surface area contributed by atoms with Crippen LogP contribution in [0.25, 0.3) is 11.4 Å². The average molecular weight is 440 g/mol. The topological polar surface area (TPSA) is 75.4 Å². The summed E-state index contributed by atoms with van der Waals surface area (Å²) in [5.41, 5.74) is 1.41. The number of benzene rings is 2. The molecule has 0 amide bonds. The van der Waals surface area contributed by atoms with E-state index >= 15 is 0 Å². The van der Waals surface area contributed by atoms with Crippen molar-refractivity contribution in [2.24, 2.45) is 5.10 Å². The first-order valence-corrected chi connectivity index (χ1v) is 8.62. The minimum atomic E-state index is 0.0244. The number of nitrogens with zero attached hydrogens (tertiary/aromatic N) is 3. The second kappa shape index (κ2) is 7.38. The van der Waals surface area contributed by atoms with Crippen molar-refractivity contribution in [3.63, 3.8) is 0 Å². The van der Waals surface area contributed by atoms with Crippen LogP contribution < -0.4 is 4.74 Å². The predicted octanol–water partition coefficient (Wildman–Crippen LogP) is 4.62. The number of nitrogens with one attached hydrogen (secondary N) is 1. The molecule has 2 N–H and O–H groups in total. The Hall–Kier alpha value is -2.16. The number of methoxy groups -OCH3 is 1. The fraction of sp³-hybridized carbons (Fsp3) is 0.0625. The van der Waals surface area contributed by atoms with Gasteiger partial charge in [0.15, 0.2) is 17.3 Å². The summed E-state index contributed by atoms with van der Waals surface area (Å²) in [6.07, 6.45) is 1.58. The summed E-state index contributed by atoms with van der Waals surface area (Å²) in [7, 11) is 1.48. The Morgan fingerprint density at radius 2 is 2.16 bits per heavy atom. The minimum absolute atomic E-state index is 0.0244. The molecule has 3 rings (SSSR count). The third-order valence-electron chi connectivity index (χ3n) is 3.36. The van der Waals surface area contributed by atoms with Gasteiger partial charge in [0.2, 0.25) is 4.77 Å². The number of phenolic OH excluding ortho intramolecular Hbond substituents is 1. The summed E-state index contributed by atoms with van der Waals surface area (Å²) in [6, 6.07) is 10.7. The molecule has 9 heteroatoms. The van der Waals surface area contributed by atoms with Crippen molar-refractivity contribution in [2.45, 2.75) is 0 Å². The molecule has 0 aliphatic carbocycles. The van der Waals surface area contributed by atoms with E-state index in [0.717, 1.165) is 0 Å². The lowest BCUT2D eigenvalue weighted by atomic mass is 10.2. The lowest BCUT2D eigenvalue weighted by Gasteiger charge is -2.06. The molecule has 0 bridgehead atoms. The van der Waals surface area contributed by atoms with Gasteiger partial charge in [-0.15, -0.1) is 0 Å². The van der Waals surface area contributed by atoms with E-state index in [1.165, 1.54) is 11.8 Å². The van der Waals surface area contributed by atoms with Crippen molar-refractivity contribution in [1.29, 1.82) is 0 Å². The average Bonchev–Trinajstić information content (AvgIpc) is 2.96. The molecule has 0 spiro atoms. The van der Waals surface area contributed by atoms with Crippen molar-refractivity contribution in [3.8, 4) is 22.9 Å². The van der Waals surface area contributed by atoms with Crippen LogP contribution in [0, 0.1) is 4.77 Å². The van der Waals surface area contributed by atoms with E-state index < -0.39 is 0 Å². The molecular formula is C16H12BrClN4O2S. The Morgan fingerprint density at radius 1 is 1.40 bits per heavy atom. The highest BCUT2D eigenvalue weighted by molar-refractivity contribution is 9.10. The highest BCUT2D eigenvalue weighted by Gasteiger charge is 2.12. The molecular weight excluding hydrogens is 428 g/mol. The molecule has 0 fully saturated rings. The molecule has 0 saturated carbocycles. The monoisotopic (exact) mass is 438 g/mol. The summed E-state index contributed by atoms with van der Waals surface area (Å²) in [5, 5.41) is 21.7. The van der Waals surface area contributed by atoms with E-state index in [2.05, 4.69) is 31.2 Å². The van der Waals surface area contributed by atoms with Crippen molar-refractivity contribution in [2.75, 3.05) is 7.11 Å². The maximum atomic E-state index is 9.87. The van der Waals surface area contributed by atoms with Crippen LogP contribution in [0.4, 0.5) is 0 Å². The summed E-state index contributed by atoms with van der Waals surface area (Å²) < 4.78 is 7.43. The van der Waals surface area contributed by atoms with Crippen LogP contribution in [-0.4, -0.2) is 33.3 Å². The molecule has 0 unspecified atom stereocenters. The van der Waals surface area contributed by atoms with Crippen LogP contribution in [-0.2, 0) is 0 Å². The Kier molecular flexibility index (Phi) is 5.22. The zero-order valence-corrected chi connectivity index (χ0v) is 16.1. The molecule has 0 saturated heterocycles. The third-order valence-corrected chi connectivity index (χ3v) is 4.56. The van der Waals surface area contributed by atoms with Gasteiger partial charge in [-0.3, -0.25) is 0 Å². The van der Waals surface area contributed by atoms with Crippen molar-refractivity contribution >= 4 is 46.0 Å². The SMILES string of the molecule is COc1cc(C=Nn2c(-c3ccccc3Cl)n[nH]c2=S)cc(Br)c1O. The lowest BCUT2D eigenvalue weighted by Crippen LogP contribution is -1.96. The van der Waals surface area contributed by atoms with Gasteiger partial charge in [0.1, 0.15) is 0 Å². The number of hydrogen-bond donors (Lipinski definition) is 2. The number of halogens is 2. The first-order chi connectivity index (χ1) is 12.0. The quantitative estimate of drug-likeness (QED) is 0.459. The summed E-state index contributed by atoms with van der Waals surface area (Å²) in [6.45, 7) is 0. The van der Waals surface area contributed by atoms with Gasteiger partial charge in [0.05, 0.1) is 22.8 Å². The number of aromatic nitrogens is 3. The Bertz CT molecular complexity index is 1020. The van der Waals surface area contributed by atoms with Gasteiger partial charge in [0.25, 0.3) is 0 Å². The molecule has 0 aliphatic heterocycles. The molecule has 128 valence electrons. The summed E-state index contributed by atoms with van der Waals surface area (Å²) >= 11 is 14.7. The maximum absolute atomic E-state index is 9.87. The predicted molar refractivity (Wildman–Crippen MR) is 103 cm³/mol. The molecule has 1 aromatic heterocycles. The minimum Gasteiger partial charge on any atom is -0.503 e. The van der Waals surface area contributed by atoms with Gasteiger partial charge in [0, 0.05) is 5.56 Å². The zero-order chi connectivity index (χ0) is 18.0. The molecule has 0 aliphatic rings. The van der Waals surface area contributed by atoms with Gasteiger partial charge in [-0.2, -0.15) is 14.9 Å². The van der Waals surface area contributed by atoms with Crippen LogP contribution in [0.2, 0.25) is 5.02 Å². The highest BCUT2D eigenvalue weighted by Crippen LogP contribution is 2.34. The molecule has 25 heavy (non-hydrogen) atoms. The Morgan fingerprint density at radius 3 is 2.88 bits per heavy atom. The number of ether oxygens (including phenoxy) is 1. The standard InChI is InChI=1S/C16H12BrClN4O2S/c1-24-13-7-9(6-11(17)14(13)23)8-19-22-15(20-21-16(22)25)10-4-2-3-5-12(10)18/h2-8,23H,1H3,(H,21,25). The van der Waals surface area contributed by atoms with Crippen molar-refractivity contribution in [3.05, 3.63) is 56.2 Å². The summed E-state index contributed by atoms with van der Waals surface area (Å²) in [4.78, 5) is 0. The first kappa shape index (κ1) is 17.7. The van der Waals surface area contributed by atoms with Crippen molar-refractivity contribution in [1.82, 2.24) is 14.9 Å². The van der Waals surface area contributed by atoms with Gasteiger partial charge in [-0.05, 0) is 58.0 Å². The lowest BCUT2D eigenvalue weighted by molar-refractivity contribution is 0.372. The van der Waals surface area contributed by atoms with Gasteiger partial charge in [-0.25, -0.2) is 5.10 Å². The smallest absolute Gasteiger partial charge is 0.216 e. The van der Waals surface area contributed by atoms with Gasteiger partial charge in [-0.1, -0.05) is 23.7 Å². The third kappa shape index (κ3) is 3.60. The largest absolute Gasteiger partial charge is 0.503 e. The van der Waals surface area contributed by atoms with Crippen LogP contribution in [0.5, 0.6) is 11.5 Å². The van der Waals surface area contributed by atoms with Crippen LogP contribution in [0.3, 0.4) is 0 Å². The number of H-pyrrole nitrogens is 1. The fourth-order valence-electron chi connectivity index (χ4n) is 2.16. The van der Waals surface area contributed by atoms with E-state index in [0.29, 0.717) is 37.0 Å². The number of rotatable bonds is 4. The fourth-order valence-corrected chi connectivity index (χ4v) is 3.02. The number of phenols is 1. The van der Waals surface area contributed by atoms with Gasteiger partial charge < -0.3 is 9.84 Å². The molecule has 0 atom stereocenters. The number of hydrogen-bond acceptors (Lipinski definition) is 5. The number of aromatic amines is 1. The van der Waals surface area contributed by atoms with E-state index in [9.17, 15) is 5.11 Å². The zero-order valence-electron chi connectivity index (χ0n) is 12.9. The van der Waals surface area contributed by atoms with E-state index in [1.807, 2.05) is 18.2 Å².